The van der Waals surface area contributed by atoms with Crippen LogP contribution in [0.4, 0.5) is 0 Å². The number of hydrogen-bond donors (Lipinski definition) is 1. The van der Waals surface area contributed by atoms with Gasteiger partial charge in [0, 0.05) is 19.4 Å². The number of fused-ring (bicyclic) bond motifs is 1. The molecule has 4 rings (SSSR count). The van der Waals surface area contributed by atoms with Gasteiger partial charge in [0.25, 0.3) is 0 Å². The second-order valence-corrected chi connectivity index (χ2v) is 9.20. The van der Waals surface area contributed by atoms with E-state index in [0.29, 0.717) is 22.9 Å². The number of nitrogens with one attached hydrogen (secondary N) is 1. The van der Waals surface area contributed by atoms with Crippen molar-refractivity contribution in [1.82, 2.24) is 14.6 Å². The lowest BCUT2D eigenvalue weighted by atomic mass is 10.3. The summed E-state index contributed by atoms with van der Waals surface area (Å²) in [6.45, 7) is 6.00. The smallest absolute Gasteiger partial charge is 0.228 e. The lowest BCUT2D eigenvalue weighted by Crippen LogP contribution is -2.31. The van der Waals surface area contributed by atoms with E-state index in [1.165, 1.54) is 6.26 Å². The van der Waals surface area contributed by atoms with E-state index in [9.17, 15) is 8.42 Å². The first kappa shape index (κ1) is 20.6. The van der Waals surface area contributed by atoms with Crippen LogP contribution in [0.2, 0.25) is 0 Å². The molecule has 0 saturated carbocycles. The number of furan rings is 1. The maximum absolute atomic E-state index is 11.9. The van der Waals surface area contributed by atoms with Crippen LogP contribution in [0, 0.1) is 0 Å². The van der Waals surface area contributed by atoms with E-state index in [0.717, 1.165) is 16.8 Å². The number of aromatic nitrogens is 4. The van der Waals surface area contributed by atoms with Gasteiger partial charge in [0.1, 0.15) is 11.3 Å². The van der Waals surface area contributed by atoms with E-state index in [2.05, 4.69) is 16.7 Å². The highest BCUT2D eigenvalue weighted by Crippen LogP contribution is 2.30. The number of H-pyrrole nitrogens is 1. The quantitative estimate of drug-likeness (QED) is 0.365. The molecule has 1 N–H and O–H groups in total. The fraction of sp³-hybridized carbons (Fsp3) is 0.130. The summed E-state index contributed by atoms with van der Waals surface area (Å²) in [4.78, 5) is 4.88. The summed E-state index contributed by atoms with van der Waals surface area (Å²) in [5.41, 5.74) is 3.07. The summed E-state index contributed by atoms with van der Waals surface area (Å²) in [7, 11) is -1.46. The van der Waals surface area contributed by atoms with Crippen molar-refractivity contribution in [2.45, 2.75) is 11.8 Å². The van der Waals surface area contributed by atoms with Gasteiger partial charge in [0.05, 0.1) is 22.1 Å². The van der Waals surface area contributed by atoms with Crippen LogP contribution in [-0.2, 0) is 16.9 Å². The molecule has 0 aliphatic rings. The third-order valence-corrected chi connectivity index (χ3v) is 6.03. The van der Waals surface area contributed by atoms with Gasteiger partial charge in [-0.15, -0.1) is 0 Å². The number of aromatic amines is 1. The summed E-state index contributed by atoms with van der Waals surface area (Å²) in [6, 6.07) is 8.64. The molecule has 0 aliphatic carbocycles. The van der Waals surface area contributed by atoms with Crippen molar-refractivity contribution in [3.8, 4) is 22.9 Å². The average Bonchev–Trinajstić information content (AvgIpc) is 3.45. The summed E-state index contributed by atoms with van der Waals surface area (Å²) in [6.07, 6.45) is 12.6. The highest BCUT2D eigenvalue weighted by Gasteiger charge is 2.18. The Bertz CT molecular complexity index is 1450. The van der Waals surface area contributed by atoms with Crippen molar-refractivity contribution in [2.24, 2.45) is 7.05 Å². The predicted molar refractivity (Wildman–Crippen MR) is 121 cm³/mol. The number of hydrogen-bond acceptors (Lipinski definition) is 4. The number of rotatable bonds is 6. The molecule has 0 bridgehead atoms. The van der Waals surface area contributed by atoms with Crippen molar-refractivity contribution in [3.63, 3.8) is 0 Å². The van der Waals surface area contributed by atoms with Crippen LogP contribution in [0.1, 0.15) is 6.92 Å². The number of imidazole rings is 1. The third-order valence-electron chi connectivity index (χ3n) is 4.92. The van der Waals surface area contributed by atoms with Crippen molar-refractivity contribution in [1.29, 1.82) is 0 Å². The molecule has 3 heterocycles. The van der Waals surface area contributed by atoms with Crippen molar-refractivity contribution < 1.29 is 17.5 Å². The van der Waals surface area contributed by atoms with Crippen LogP contribution >= 0.6 is 0 Å². The van der Waals surface area contributed by atoms with Gasteiger partial charge >= 0.3 is 0 Å². The second-order valence-electron chi connectivity index (χ2n) is 7.19. The molecule has 1 aromatic carbocycles. The molecule has 158 valence electrons. The topological polar surface area (TPSA) is 84.8 Å². The summed E-state index contributed by atoms with van der Waals surface area (Å²) < 4.78 is 33.5. The first-order valence-electron chi connectivity index (χ1n) is 9.64. The van der Waals surface area contributed by atoms with Crippen molar-refractivity contribution >= 4 is 26.6 Å². The summed E-state index contributed by atoms with van der Waals surface area (Å²) >= 11 is 0. The van der Waals surface area contributed by atoms with E-state index < -0.39 is 9.84 Å². The molecule has 0 unspecified atom stereocenters. The maximum atomic E-state index is 11.9. The van der Waals surface area contributed by atoms with Gasteiger partial charge in [0.2, 0.25) is 11.9 Å². The molecular formula is C23H23N4O3S+. The minimum absolute atomic E-state index is 0.260. The number of allylic oxidation sites excluding steroid dienone is 5. The molecule has 0 fully saturated rings. The van der Waals surface area contributed by atoms with Crippen LogP contribution in [-0.4, -0.2) is 29.3 Å². The molecule has 0 radical (unpaired) electrons. The van der Waals surface area contributed by atoms with Gasteiger partial charge in [-0.25, -0.2) is 13.4 Å². The molecule has 0 atom stereocenters. The standard InChI is InChI=1S/C23H22N4O3S/c1-5-6-7-8-16(2)27-15-17(14-24-27)21-11-12-22(30-21)23-25-19-10-9-18(31(4,28)29)13-20(19)26(23)3/h5-15H,2H2,1,3-4H3/p+1. The Morgan fingerprint density at radius 2 is 2.00 bits per heavy atom. The minimum Gasteiger partial charge on any atom is -0.453 e. The molecule has 4 aromatic rings. The molecule has 3 aromatic heterocycles. The normalized spacial score (nSPS) is 12.5. The highest BCUT2D eigenvalue weighted by molar-refractivity contribution is 7.90. The van der Waals surface area contributed by atoms with E-state index in [1.54, 1.807) is 22.9 Å². The Morgan fingerprint density at radius 1 is 1.23 bits per heavy atom. The second kappa shape index (κ2) is 7.88. The monoisotopic (exact) mass is 435 g/mol. The number of nitrogens with zero attached hydrogens (tertiary/aromatic N) is 3. The van der Waals surface area contributed by atoms with Crippen molar-refractivity contribution in [2.75, 3.05) is 6.26 Å². The van der Waals surface area contributed by atoms with Gasteiger partial charge in [-0.1, -0.05) is 22.9 Å². The molecule has 0 aliphatic heterocycles. The molecule has 0 saturated heterocycles. The lowest BCUT2D eigenvalue weighted by molar-refractivity contribution is -0.638. The van der Waals surface area contributed by atoms with Crippen LogP contribution in [0.25, 0.3) is 39.6 Å². The van der Waals surface area contributed by atoms with E-state index in [-0.39, 0.29) is 4.90 Å². The third kappa shape index (κ3) is 4.02. The van der Waals surface area contributed by atoms with E-state index in [1.807, 2.05) is 67.4 Å². The Labute approximate surface area is 180 Å². The SMILES string of the molecule is C=C(C=CC=CC)[n+]1cc(-c2ccc(-c3nc4ccc(S(C)(=O)=O)cc4n3C)o2)c[nH]1. The average molecular weight is 436 g/mol. The van der Waals surface area contributed by atoms with Gasteiger partial charge < -0.3 is 8.98 Å². The van der Waals surface area contributed by atoms with E-state index >= 15 is 0 Å². The molecule has 0 amide bonds. The highest BCUT2D eigenvalue weighted by atomic mass is 32.2. The maximum Gasteiger partial charge on any atom is 0.228 e. The zero-order chi connectivity index (χ0) is 22.2. The Balaban J connectivity index is 1.66. The Morgan fingerprint density at radius 3 is 2.74 bits per heavy atom. The summed E-state index contributed by atoms with van der Waals surface area (Å²) in [5.74, 6) is 1.89. The van der Waals surface area contributed by atoms with Gasteiger partial charge in [-0.2, -0.15) is 5.10 Å². The fourth-order valence-electron chi connectivity index (χ4n) is 3.25. The number of sulfone groups is 1. The van der Waals surface area contributed by atoms with Crippen molar-refractivity contribution in [3.05, 3.63) is 73.6 Å². The van der Waals surface area contributed by atoms with Gasteiger partial charge in [-0.3, -0.25) is 0 Å². The first-order valence-corrected chi connectivity index (χ1v) is 11.5. The number of benzene rings is 1. The van der Waals surface area contributed by atoms with Crippen LogP contribution in [0.5, 0.6) is 0 Å². The molecular weight excluding hydrogens is 412 g/mol. The van der Waals surface area contributed by atoms with Crippen LogP contribution < -0.4 is 4.68 Å². The van der Waals surface area contributed by atoms with Gasteiger partial charge in [-0.05, 0) is 43.8 Å². The molecule has 0 spiro atoms. The number of aryl methyl sites for hydroxylation is 1. The first-order chi connectivity index (χ1) is 14.8. The van der Waals surface area contributed by atoms with Crippen LogP contribution in [0.3, 0.4) is 0 Å². The molecule has 7 nitrogen and oxygen atoms in total. The zero-order valence-electron chi connectivity index (χ0n) is 17.5. The Kier molecular flexibility index (Phi) is 5.24. The van der Waals surface area contributed by atoms with Crippen LogP contribution in [0.15, 0.2) is 82.9 Å². The minimum atomic E-state index is -3.30. The molecule has 31 heavy (non-hydrogen) atoms. The Hall–Kier alpha value is -3.65. The lowest BCUT2D eigenvalue weighted by Gasteiger charge is -2.01. The van der Waals surface area contributed by atoms with E-state index in [4.69, 9.17) is 4.42 Å². The van der Waals surface area contributed by atoms with Gasteiger partial charge in [0.15, 0.2) is 21.4 Å². The zero-order valence-corrected chi connectivity index (χ0v) is 18.3. The largest absolute Gasteiger partial charge is 0.453 e. The predicted octanol–water partition coefficient (Wildman–Crippen LogP) is 4.12. The fourth-order valence-corrected chi connectivity index (χ4v) is 3.89. The summed E-state index contributed by atoms with van der Waals surface area (Å²) in [5, 5.41) is 3.14. The molecule has 8 heteroatoms.